The molecule has 0 aliphatic carbocycles. The number of hydrogen-bond acceptors (Lipinski definition) is 3. The number of carboxylic acids is 1. The predicted octanol–water partition coefficient (Wildman–Crippen LogP) is 1.83. The summed E-state index contributed by atoms with van der Waals surface area (Å²) in [4.78, 5) is 10.4. The standard InChI is InChI=1S/C11H12N2O2/c1-8(6-11(14)15)13-10-4-2-9(7-12)3-5-10/h2-5,8,13H,6H2,1H3,(H,14,15). The summed E-state index contributed by atoms with van der Waals surface area (Å²) in [7, 11) is 0. The molecule has 0 spiro atoms. The highest BCUT2D eigenvalue weighted by Gasteiger charge is 2.06. The Balaban J connectivity index is 2.58. The molecule has 0 fully saturated rings. The van der Waals surface area contributed by atoms with Crippen LogP contribution in [0.1, 0.15) is 18.9 Å². The first-order valence-corrected chi connectivity index (χ1v) is 4.60. The van der Waals surface area contributed by atoms with Crippen molar-refractivity contribution >= 4 is 11.7 Å². The van der Waals surface area contributed by atoms with Crippen molar-refractivity contribution in [3.8, 4) is 6.07 Å². The van der Waals surface area contributed by atoms with Crippen LogP contribution in [0.5, 0.6) is 0 Å². The van der Waals surface area contributed by atoms with Gasteiger partial charge in [0.1, 0.15) is 0 Å². The molecule has 2 N–H and O–H groups in total. The molecule has 0 radical (unpaired) electrons. The first-order chi connectivity index (χ1) is 7.11. The minimum atomic E-state index is -0.830. The Morgan fingerprint density at radius 1 is 1.53 bits per heavy atom. The molecule has 0 aliphatic heterocycles. The molecule has 1 unspecified atom stereocenters. The van der Waals surface area contributed by atoms with Crippen molar-refractivity contribution in [1.29, 1.82) is 5.26 Å². The quantitative estimate of drug-likeness (QED) is 0.784. The third kappa shape index (κ3) is 3.69. The Kier molecular flexibility index (Phi) is 3.69. The van der Waals surface area contributed by atoms with E-state index in [1.165, 1.54) is 0 Å². The Morgan fingerprint density at radius 3 is 2.60 bits per heavy atom. The van der Waals surface area contributed by atoms with Gasteiger partial charge in [0.25, 0.3) is 0 Å². The van der Waals surface area contributed by atoms with Gasteiger partial charge in [-0.2, -0.15) is 5.26 Å². The van der Waals surface area contributed by atoms with Crippen molar-refractivity contribution < 1.29 is 9.90 Å². The first-order valence-electron chi connectivity index (χ1n) is 4.60. The van der Waals surface area contributed by atoms with Gasteiger partial charge in [-0.1, -0.05) is 0 Å². The third-order valence-corrected chi connectivity index (χ3v) is 1.91. The molecule has 4 heteroatoms. The van der Waals surface area contributed by atoms with E-state index in [-0.39, 0.29) is 12.5 Å². The molecular weight excluding hydrogens is 192 g/mol. The summed E-state index contributed by atoms with van der Waals surface area (Å²) in [6, 6.07) is 8.79. The van der Waals surface area contributed by atoms with E-state index in [0.29, 0.717) is 5.56 Å². The van der Waals surface area contributed by atoms with Crippen molar-refractivity contribution in [3.63, 3.8) is 0 Å². The van der Waals surface area contributed by atoms with Gasteiger partial charge in [-0.25, -0.2) is 0 Å². The normalized spacial score (nSPS) is 11.5. The van der Waals surface area contributed by atoms with E-state index in [9.17, 15) is 4.79 Å². The van der Waals surface area contributed by atoms with Crippen LogP contribution in [0, 0.1) is 11.3 Å². The number of hydrogen-bond donors (Lipinski definition) is 2. The number of nitriles is 1. The van der Waals surface area contributed by atoms with Gasteiger partial charge >= 0.3 is 5.97 Å². The number of carbonyl (C=O) groups is 1. The third-order valence-electron chi connectivity index (χ3n) is 1.91. The summed E-state index contributed by atoms with van der Waals surface area (Å²) in [5, 5.41) is 20.2. The Labute approximate surface area is 88.2 Å². The highest BCUT2D eigenvalue weighted by molar-refractivity contribution is 5.68. The molecule has 78 valence electrons. The zero-order chi connectivity index (χ0) is 11.3. The van der Waals surface area contributed by atoms with E-state index in [0.717, 1.165) is 5.69 Å². The lowest BCUT2D eigenvalue weighted by atomic mass is 10.2. The van der Waals surface area contributed by atoms with Crippen molar-refractivity contribution in [3.05, 3.63) is 29.8 Å². The molecular formula is C11H12N2O2. The summed E-state index contributed by atoms with van der Waals surface area (Å²) in [6.07, 6.45) is 0.0694. The zero-order valence-electron chi connectivity index (χ0n) is 8.40. The van der Waals surface area contributed by atoms with Crippen LogP contribution in [0.2, 0.25) is 0 Å². The van der Waals surface area contributed by atoms with Gasteiger partial charge < -0.3 is 10.4 Å². The Hall–Kier alpha value is -2.02. The number of carboxylic acid groups (broad SMARTS) is 1. The highest BCUT2D eigenvalue weighted by Crippen LogP contribution is 2.11. The topological polar surface area (TPSA) is 73.1 Å². The van der Waals surface area contributed by atoms with Crippen molar-refractivity contribution in [2.24, 2.45) is 0 Å². The number of aliphatic carboxylic acids is 1. The van der Waals surface area contributed by atoms with Crippen LogP contribution in [0.3, 0.4) is 0 Å². The van der Waals surface area contributed by atoms with Crippen LogP contribution < -0.4 is 5.32 Å². The molecule has 0 saturated carbocycles. The van der Waals surface area contributed by atoms with Crippen molar-refractivity contribution in [2.75, 3.05) is 5.32 Å². The fraction of sp³-hybridized carbons (Fsp3) is 0.273. The van der Waals surface area contributed by atoms with Gasteiger partial charge in [-0.15, -0.1) is 0 Å². The highest BCUT2D eigenvalue weighted by atomic mass is 16.4. The van der Waals surface area contributed by atoms with Crippen LogP contribution in [0.4, 0.5) is 5.69 Å². The molecule has 0 amide bonds. The second kappa shape index (κ2) is 5.01. The molecule has 0 saturated heterocycles. The van der Waals surface area contributed by atoms with Crippen LogP contribution in [0.25, 0.3) is 0 Å². The molecule has 15 heavy (non-hydrogen) atoms. The molecule has 0 heterocycles. The summed E-state index contributed by atoms with van der Waals surface area (Å²) in [5.74, 6) is -0.830. The fourth-order valence-electron chi connectivity index (χ4n) is 1.24. The number of nitrogens with zero attached hydrogens (tertiary/aromatic N) is 1. The van der Waals surface area contributed by atoms with Gasteiger partial charge in [0.2, 0.25) is 0 Å². The number of rotatable bonds is 4. The molecule has 0 aromatic heterocycles. The predicted molar refractivity (Wildman–Crippen MR) is 56.5 cm³/mol. The smallest absolute Gasteiger partial charge is 0.305 e. The van der Waals surface area contributed by atoms with E-state index in [1.807, 2.05) is 6.07 Å². The lowest BCUT2D eigenvalue weighted by molar-refractivity contribution is -0.137. The van der Waals surface area contributed by atoms with Crippen LogP contribution >= 0.6 is 0 Å². The molecule has 1 aromatic carbocycles. The van der Waals surface area contributed by atoms with Gasteiger partial charge in [0, 0.05) is 11.7 Å². The molecule has 1 rings (SSSR count). The van der Waals surface area contributed by atoms with E-state index in [2.05, 4.69) is 5.32 Å². The van der Waals surface area contributed by atoms with Crippen molar-refractivity contribution in [1.82, 2.24) is 0 Å². The summed E-state index contributed by atoms with van der Waals surface area (Å²) < 4.78 is 0. The molecule has 0 bridgehead atoms. The molecule has 1 atom stereocenters. The SMILES string of the molecule is CC(CC(=O)O)Nc1ccc(C#N)cc1. The van der Waals surface area contributed by atoms with Crippen LogP contribution in [-0.2, 0) is 4.79 Å². The van der Waals surface area contributed by atoms with E-state index < -0.39 is 5.97 Å². The monoisotopic (exact) mass is 204 g/mol. The maximum absolute atomic E-state index is 10.4. The maximum Gasteiger partial charge on any atom is 0.305 e. The van der Waals surface area contributed by atoms with E-state index in [4.69, 9.17) is 10.4 Å². The molecule has 0 aliphatic rings. The number of benzene rings is 1. The number of nitrogens with one attached hydrogen (secondary N) is 1. The van der Waals surface area contributed by atoms with Crippen molar-refractivity contribution in [2.45, 2.75) is 19.4 Å². The van der Waals surface area contributed by atoms with Gasteiger partial charge in [-0.3, -0.25) is 4.79 Å². The lowest BCUT2D eigenvalue weighted by Gasteiger charge is -2.12. The maximum atomic E-state index is 10.4. The van der Waals surface area contributed by atoms with Gasteiger partial charge in [-0.05, 0) is 31.2 Å². The second-order valence-corrected chi connectivity index (χ2v) is 3.33. The second-order valence-electron chi connectivity index (χ2n) is 3.33. The van der Waals surface area contributed by atoms with Gasteiger partial charge in [0.15, 0.2) is 0 Å². The largest absolute Gasteiger partial charge is 0.481 e. The van der Waals surface area contributed by atoms with Crippen LogP contribution in [0.15, 0.2) is 24.3 Å². The van der Waals surface area contributed by atoms with Crippen LogP contribution in [-0.4, -0.2) is 17.1 Å². The summed E-state index contributed by atoms with van der Waals surface area (Å²) >= 11 is 0. The molecule has 1 aromatic rings. The minimum Gasteiger partial charge on any atom is -0.481 e. The minimum absolute atomic E-state index is 0.0694. The molecule has 4 nitrogen and oxygen atoms in total. The Morgan fingerprint density at radius 2 is 2.13 bits per heavy atom. The van der Waals surface area contributed by atoms with E-state index in [1.54, 1.807) is 31.2 Å². The average molecular weight is 204 g/mol. The lowest BCUT2D eigenvalue weighted by Crippen LogP contribution is -2.19. The van der Waals surface area contributed by atoms with E-state index >= 15 is 0 Å². The zero-order valence-corrected chi connectivity index (χ0v) is 8.40. The summed E-state index contributed by atoms with van der Waals surface area (Å²) in [6.45, 7) is 1.80. The Bertz CT molecular complexity index is 379. The average Bonchev–Trinajstić information content (AvgIpc) is 2.17. The summed E-state index contributed by atoms with van der Waals surface area (Å²) in [5.41, 5.74) is 1.41. The fourth-order valence-corrected chi connectivity index (χ4v) is 1.24. The number of anilines is 1. The first kappa shape index (κ1) is 11.1. The van der Waals surface area contributed by atoms with Gasteiger partial charge in [0.05, 0.1) is 18.1 Å².